The van der Waals surface area contributed by atoms with Gasteiger partial charge in [-0.2, -0.15) is 9.06 Å². The minimum atomic E-state index is -0.649. The molecule has 1 aliphatic rings. The molecule has 0 N–H and O–H groups in total. The monoisotopic (exact) mass is 521 g/mol. The molecule has 2 aromatic heterocycles. The summed E-state index contributed by atoms with van der Waals surface area (Å²) >= 11 is 1.09. The molecule has 0 radical (unpaired) electrons. The van der Waals surface area contributed by atoms with Crippen molar-refractivity contribution in [2.75, 3.05) is 20.2 Å². The average molecular weight is 522 g/mol. The number of piperidine rings is 1. The van der Waals surface area contributed by atoms with Gasteiger partial charge in [0.15, 0.2) is 16.1 Å². The van der Waals surface area contributed by atoms with E-state index in [4.69, 9.17) is 4.74 Å². The molecule has 1 saturated heterocycles. The first-order chi connectivity index (χ1) is 17.9. The van der Waals surface area contributed by atoms with E-state index in [0.29, 0.717) is 35.9 Å². The summed E-state index contributed by atoms with van der Waals surface area (Å²) in [6, 6.07) is 12.9. The van der Waals surface area contributed by atoms with Gasteiger partial charge in [0.2, 0.25) is 0 Å². The molecule has 12 heteroatoms. The molecule has 3 heterocycles. The molecule has 37 heavy (non-hydrogen) atoms. The van der Waals surface area contributed by atoms with Crippen LogP contribution in [0.5, 0.6) is 5.75 Å². The number of aromatic nitrogens is 5. The van der Waals surface area contributed by atoms with Gasteiger partial charge in [-0.15, -0.1) is 10.2 Å². The van der Waals surface area contributed by atoms with Crippen molar-refractivity contribution in [3.8, 4) is 17.1 Å². The van der Waals surface area contributed by atoms with Crippen LogP contribution in [-0.4, -0.2) is 61.1 Å². The number of likely N-dealkylation sites (tertiary alicyclic amines) is 1. The fourth-order valence-corrected chi connectivity index (χ4v) is 4.90. The molecule has 1 aliphatic heterocycles. The first-order valence-electron chi connectivity index (χ1n) is 11.8. The third-order valence-electron chi connectivity index (χ3n) is 6.08. The Labute approximate surface area is 215 Å². The zero-order valence-electron chi connectivity index (χ0n) is 20.3. The van der Waals surface area contributed by atoms with E-state index in [0.717, 1.165) is 30.8 Å². The molecule has 0 bridgehead atoms. The molecule has 0 unspecified atom stereocenters. The van der Waals surface area contributed by atoms with Crippen LogP contribution in [0.25, 0.3) is 11.4 Å². The zero-order chi connectivity index (χ0) is 25.9. The standard InChI is InChI=1S/C25H24FN7O3S/c1-16-21(28-30-32(16)18-8-6-17(26)7-9-18)23(34)27-24-22(25(35)31-14-4-3-5-15-31)29-33(37-24)19-10-12-20(36-2)13-11-19/h6-13H,3-5,14-15H2,1-2H3. The summed E-state index contributed by atoms with van der Waals surface area (Å²) < 4.78 is 21.7. The summed E-state index contributed by atoms with van der Waals surface area (Å²) in [5.74, 6) is -0.607. The van der Waals surface area contributed by atoms with Gasteiger partial charge in [0, 0.05) is 13.1 Å². The van der Waals surface area contributed by atoms with Crippen LogP contribution in [0.2, 0.25) is 0 Å². The second kappa shape index (κ2) is 10.4. The Hall–Kier alpha value is -4.19. The molecule has 2 amide bonds. The van der Waals surface area contributed by atoms with Gasteiger partial charge < -0.3 is 9.64 Å². The summed E-state index contributed by atoms with van der Waals surface area (Å²) in [5.41, 5.74) is 1.84. The summed E-state index contributed by atoms with van der Waals surface area (Å²) in [6.45, 7) is 2.95. The van der Waals surface area contributed by atoms with Gasteiger partial charge in [-0.3, -0.25) is 9.59 Å². The van der Waals surface area contributed by atoms with Crippen LogP contribution in [0.4, 0.5) is 4.39 Å². The SMILES string of the molecule is COc1ccc(-n2nc(C(=O)N3CCCCC3)c(=NC(=O)c3nnn(-c4ccc(F)cc4)c3C)s2)cc1. The highest BCUT2D eigenvalue weighted by Crippen LogP contribution is 2.18. The minimum Gasteiger partial charge on any atom is -0.497 e. The largest absolute Gasteiger partial charge is 0.497 e. The average Bonchev–Trinajstić information content (AvgIpc) is 3.53. The minimum absolute atomic E-state index is 0.0325. The Morgan fingerprint density at radius 1 is 0.973 bits per heavy atom. The Morgan fingerprint density at radius 2 is 1.65 bits per heavy atom. The van der Waals surface area contributed by atoms with Gasteiger partial charge in [-0.1, -0.05) is 5.21 Å². The van der Waals surface area contributed by atoms with E-state index in [1.165, 1.54) is 16.8 Å². The molecule has 2 aromatic carbocycles. The maximum atomic E-state index is 13.4. The van der Waals surface area contributed by atoms with E-state index in [-0.39, 0.29) is 27.8 Å². The number of amides is 2. The van der Waals surface area contributed by atoms with Gasteiger partial charge in [-0.25, -0.2) is 9.07 Å². The van der Waals surface area contributed by atoms with Crippen LogP contribution in [-0.2, 0) is 0 Å². The Bertz CT molecular complexity index is 1500. The summed E-state index contributed by atoms with van der Waals surface area (Å²) in [7, 11) is 1.58. The highest BCUT2D eigenvalue weighted by molar-refractivity contribution is 7.04. The molecular weight excluding hydrogens is 497 g/mol. The second-order valence-corrected chi connectivity index (χ2v) is 9.41. The third kappa shape index (κ3) is 5.05. The topological polar surface area (TPSA) is 108 Å². The van der Waals surface area contributed by atoms with Gasteiger partial charge in [0.05, 0.1) is 24.2 Å². The van der Waals surface area contributed by atoms with Crippen molar-refractivity contribution in [1.82, 2.24) is 29.1 Å². The van der Waals surface area contributed by atoms with Gasteiger partial charge in [0.1, 0.15) is 11.6 Å². The number of benzene rings is 2. The number of methoxy groups -OCH3 is 1. The van der Waals surface area contributed by atoms with Gasteiger partial charge in [-0.05, 0) is 86.2 Å². The predicted octanol–water partition coefficient (Wildman–Crippen LogP) is 3.34. The molecule has 0 aliphatic carbocycles. The van der Waals surface area contributed by atoms with Crippen molar-refractivity contribution in [1.29, 1.82) is 0 Å². The number of rotatable bonds is 5. The van der Waals surface area contributed by atoms with E-state index in [2.05, 4.69) is 20.4 Å². The maximum absolute atomic E-state index is 13.4. The zero-order valence-corrected chi connectivity index (χ0v) is 21.1. The molecule has 4 aromatic rings. The highest BCUT2D eigenvalue weighted by Gasteiger charge is 2.25. The normalized spacial score (nSPS) is 14.1. The third-order valence-corrected chi connectivity index (χ3v) is 7.00. The maximum Gasteiger partial charge on any atom is 0.300 e. The van der Waals surface area contributed by atoms with Crippen molar-refractivity contribution >= 4 is 23.3 Å². The highest BCUT2D eigenvalue weighted by atomic mass is 32.1. The van der Waals surface area contributed by atoms with Gasteiger partial charge in [0.25, 0.3) is 5.91 Å². The number of hydrogen-bond donors (Lipinski definition) is 0. The first-order valence-corrected chi connectivity index (χ1v) is 12.5. The molecule has 190 valence electrons. The molecule has 10 nitrogen and oxygen atoms in total. The number of carbonyl (C=O) groups excluding carboxylic acids is 2. The van der Waals surface area contributed by atoms with E-state index in [1.807, 2.05) is 12.1 Å². The number of halogens is 1. The predicted molar refractivity (Wildman–Crippen MR) is 134 cm³/mol. The van der Waals surface area contributed by atoms with E-state index in [9.17, 15) is 14.0 Å². The molecule has 0 saturated carbocycles. The van der Waals surface area contributed by atoms with Crippen LogP contribution in [0, 0.1) is 12.7 Å². The summed E-state index contributed by atoms with van der Waals surface area (Å²) in [5, 5.41) is 12.6. The molecule has 5 rings (SSSR count). The molecule has 0 spiro atoms. The first kappa shape index (κ1) is 24.5. The fraction of sp³-hybridized carbons (Fsp3) is 0.280. The van der Waals surface area contributed by atoms with Crippen LogP contribution < -0.4 is 9.41 Å². The van der Waals surface area contributed by atoms with Crippen LogP contribution >= 0.6 is 11.5 Å². The lowest BCUT2D eigenvalue weighted by atomic mass is 10.1. The lowest BCUT2D eigenvalue weighted by Gasteiger charge is -2.25. The molecule has 1 fully saturated rings. The number of nitrogens with zero attached hydrogens (tertiary/aromatic N) is 7. The van der Waals surface area contributed by atoms with E-state index in [1.54, 1.807) is 47.3 Å². The van der Waals surface area contributed by atoms with E-state index < -0.39 is 5.91 Å². The molecule has 0 atom stereocenters. The Morgan fingerprint density at radius 3 is 2.32 bits per heavy atom. The van der Waals surface area contributed by atoms with Crippen molar-refractivity contribution in [3.05, 3.63) is 76.1 Å². The number of ether oxygens (including phenoxy) is 1. The van der Waals surface area contributed by atoms with Crippen molar-refractivity contribution < 1.29 is 18.7 Å². The molecular formula is C25H24FN7O3S. The Balaban J connectivity index is 1.54. The van der Waals surface area contributed by atoms with Crippen LogP contribution in [0.1, 0.15) is 45.9 Å². The van der Waals surface area contributed by atoms with Crippen molar-refractivity contribution in [3.63, 3.8) is 0 Å². The smallest absolute Gasteiger partial charge is 0.300 e. The quantitative estimate of drug-likeness (QED) is 0.399. The van der Waals surface area contributed by atoms with Gasteiger partial charge >= 0.3 is 5.91 Å². The Kier molecular flexibility index (Phi) is 6.91. The summed E-state index contributed by atoms with van der Waals surface area (Å²) in [4.78, 5) is 32.6. The lowest BCUT2D eigenvalue weighted by molar-refractivity contribution is 0.0716. The van der Waals surface area contributed by atoms with Crippen LogP contribution in [0.15, 0.2) is 53.5 Å². The van der Waals surface area contributed by atoms with Crippen molar-refractivity contribution in [2.24, 2.45) is 4.99 Å². The summed E-state index contributed by atoms with van der Waals surface area (Å²) in [6.07, 6.45) is 2.92. The van der Waals surface area contributed by atoms with Crippen molar-refractivity contribution in [2.45, 2.75) is 26.2 Å². The second-order valence-electron chi connectivity index (χ2n) is 8.50. The number of carbonyl (C=O) groups is 2. The number of hydrogen-bond acceptors (Lipinski definition) is 7. The van der Waals surface area contributed by atoms with Crippen LogP contribution in [0.3, 0.4) is 0 Å². The van der Waals surface area contributed by atoms with E-state index >= 15 is 0 Å². The fourth-order valence-electron chi connectivity index (χ4n) is 4.05. The lowest BCUT2D eigenvalue weighted by Crippen LogP contribution is -2.38.